The van der Waals surface area contributed by atoms with Crippen molar-refractivity contribution in [1.29, 1.82) is 0 Å². The largest absolute Gasteiger partial charge is 0.351 e. The number of hydrogen-bond donors (Lipinski definition) is 1. The van der Waals surface area contributed by atoms with Crippen molar-refractivity contribution in [3.63, 3.8) is 0 Å². The molecule has 3 heterocycles. The predicted molar refractivity (Wildman–Crippen MR) is 117 cm³/mol. The molecule has 1 aliphatic heterocycles. The summed E-state index contributed by atoms with van der Waals surface area (Å²) in [5.41, 5.74) is 1.63. The van der Waals surface area contributed by atoms with Crippen LogP contribution in [0.5, 0.6) is 0 Å². The van der Waals surface area contributed by atoms with Gasteiger partial charge in [-0.25, -0.2) is 4.98 Å². The van der Waals surface area contributed by atoms with Crippen molar-refractivity contribution in [2.24, 2.45) is 0 Å². The zero-order chi connectivity index (χ0) is 19.5. The molecule has 2 fully saturated rings. The van der Waals surface area contributed by atoms with Crippen LogP contribution in [0.2, 0.25) is 0 Å². The lowest BCUT2D eigenvalue weighted by atomic mass is 10.1. The lowest BCUT2D eigenvalue weighted by molar-refractivity contribution is 0.358. The Morgan fingerprint density at radius 3 is 2.71 bits per heavy atom. The summed E-state index contributed by atoms with van der Waals surface area (Å²) in [4.78, 5) is 22.5. The standard InChI is InChI=1S/C21H29N5OS/c1-3-6-15-13-16-14-22-21(23-17-9-11-25(28-2)12-10-17)24-19(16)26(20(15)27)18-7-4-5-8-18/h3,13-14,17-18H,1,4-12H2,2H3,(H,22,23,24). The van der Waals surface area contributed by atoms with E-state index in [9.17, 15) is 4.79 Å². The maximum absolute atomic E-state index is 13.2. The minimum absolute atomic E-state index is 0.0808. The number of anilines is 1. The first-order valence-corrected chi connectivity index (χ1v) is 11.5. The fourth-order valence-electron chi connectivity index (χ4n) is 4.42. The summed E-state index contributed by atoms with van der Waals surface area (Å²) < 4.78 is 4.32. The Morgan fingerprint density at radius 1 is 1.29 bits per heavy atom. The SMILES string of the molecule is C=CCc1cc2cnc(NC3CCN(SC)CC3)nc2n(C2CCCC2)c1=O. The van der Waals surface area contributed by atoms with Crippen LogP contribution < -0.4 is 10.9 Å². The van der Waals surface area contributed by atoms with E-state index in [2.05, 4.69) is 27.4 Å². The molecule has 0 spiro atoms. The molecular weight excluding hydrogens is 370 g/mol. The summed E-state index contributed by atoms with van der Waals surface area (Å²) in [6.45, 7) is 5.95. The minimum atomic E-state index is 0.0808. The van der Waals surface area contributed by atoms with E-state index in [-0.39, 0.29) is 11.6 Å². The smallest absolute Gasteiger partial charge is 0.255 e. The van der Waals surface area contributed by atoms with Gasteiger partial charge in [-0.05, 0) is 44.4 Å². The fraction of sp³-hybridized carbons (Fsp3) is 0.571. The van der Waals surface area contributed by atoms with E-state index < -0.39 is 0 Å². The number of nitrogens with one attached hydrogen (secondary N) is 1. The normalized spacial score (nSPS) is 19.3. The van der Waals surface area contributed by atoms with Gasteiger partial charge in [0.25, 0.3) is 5.56 Å². The van der Waals surface area contributed by atoms with Gasteiger partial charge in [-0.15, -0.1) is 6.58 Å². The average molecular weight is 400 g/mol. The molecular formula is C21H29N5OS. The predicted octanol–water partition coefficient (Wildman–Crippen LogP) is 3.79. The summed E-state index contributed by atoms with van der Waals surface area (Å²) in [6, 6.07) is 2.56. The van der Waals surface area contributed by atoms with Gasteiger partial charge in [0.05, 0.1) is 0 Å². The maximum Gasteiger partial charge on any atom is 0.255 e. The molecule has 6 nitrogen and oxygen atoms in total. The molecule has 4 rings (SSSR count). The van der Waals surface area contributed by atoms with E-state index in [1.54, 1.807) is 6.08 Å². The van der Waals surface area contributed by atoms with Crippen LogP contribution in [-0.2, 0) is 6.42 Å². The Balaban J connectivity index is 1.67. The second-order valence-corrected chi connectivity index (χ2v) is 8.66. The second-order valence-electron chi connectivity index (χ2n) is 7.78. The molecule has 2 aromatic heterocycles. The fourth-order valence-corrected chi connectivity index (χ4v) is 4.99. The van der Waals surface area contributed by atoms with Crippen molar-refractivity contribution in [1.82, 2.24) is 18.8 Å². The first-order valence-electron chi connectivity index (χ1n) is 10.3. The molecule has 7 heteroatoms. The van der Waals surface area contributed by atoms with Gasteiger partial charge in [0.2, 0.25) is 5.95 Å². The molecule has 1 N–H and O–H groups in total. The van der Waals surface area contributed by atoms with Gasteiger partial charge in [0, 0.05) is 42.3 Å². The second kappa shape index (κ2) is 8.66. The zero-order valence-electron chi connectivity index (χ0n) is 16.6. The van der Waals surface area contributed by atoms with E-state index in [1.807, 2.05) is 28.8 Å². The Kier molecular flexibility index (Phi) is 6.01. The van der Waals surface area contributed by atoms with E-state index in [4.69, 9.17) is 4.98 Å². The number of piperidine rings is 1. The highest BCUT2D eigenvalue weighted by Gasteiger charge is 2.23. The Morgan fingerprint density at radius 2 is 2.04 bits per heavy atom. The molecule has 1 aliphatic carbocycles. The number of allylic oxidation sites excluding steroid dienone is 1. The molecule has 0 aromatic carbocycles. The summed E-state index contributed by atoms with van der Waals surface area (Å²) in [5.74, 6) is 0.637. The molecule has 150 valence electrons. The molecule has 0 radical (unpaired) electrons. The maximum atomic E-state index is 13.2. The highest BCUT2D eigenvalue weighted by atomic mass is 32.2. The first kappa shape index (κ1) is 19.5. The van der Waals surface area contributed by atoms with Gasteiger partial charge < -0.3 is 5.32 Å². The molecule has 0 atom stereocenters. The van der Waals surface area contributed by atoms with Crippen LogP contribution in [0.25, 0.3) is 11.0 Å². The topological polar surface area (TPSA) is 63.1 Å². The summed E-state index contributed by atoms with van der Waals surface area (Å²) in [7, 11) is 0. The van der Waals surface area contributed by atoms with Crippen molar-refractivity contribution < 1.29 is 0 Å². The minimum Gasteiger partial charge on any atom is -0.351 e. The molecule has 2 aliphatic rings. The van der Waals surface area contributed by atoms with Gasteiger partial charge in [-0.1, -0.05) is 30.9 Å². The highest BCUT2D eigenvalue weighted by molar-refractivity contribution is 7.96. The molecule has 28 heavy (non-hydrogen) atoms. The van der Waals surface area contributed by atoms with Crippen molar-refractivity contribution in [2.45, 2.75) is 57.0 Å². The molecule has 1 saturated heterocycles. The molecule has 0 bridgehead atoms. The number of hydrogen-bond acceptors (Lipinski definition) is 6. The van der Waals surface area contributed by atoms with E-state index >= 15 is 0 Å². The van der Waals surface area contributed by atoms with Gasteiger partial charge in [-0.2, -0.15) is 4.98 Å². The third-order valence-electron chi connectivity index (χ3n) is 5.95. The van der Waals surface area contributed by atoms with Crippen molar-refractivity contribution in [3.8, 4) is 0 Å². The van der Waals surface area contributed by atoms with E-state index in [0.717, 1.165) is 55.4 Å². The number of fused-ring (bicyclic) bond motifs is 1. The van der Waals surface area contributed by atoms with Gasteiger partial charge in [0.15, 0.2) is 0 Å². The van der Waals surface area contributed by atoms with Crippen LogP contribution in [0.1, 0.15) is 50.1 Å². The third kappa shape index (κ3) is 3.96. The quantitative estimate of drug-likeness (QED) is 0.589. The number of aromatic nitrogens is 3. The lowest BCUT2D eigenvalue weighted by Gasteiger charge is -2.30. The summed E-state index contributed by atoms with van der Waals surface area (Å²) in [5, 5.41) is 4.44. The molecule has 0 amide bonds. The van der Waals surface area contributed by atoms with Gasteiger partial charge >= 0.3 is 0 Å². The summed E-state index contributed by atoms with van der Waals surface area (Å²) >= 11 is 1.81. The van der Waals surface area contributed by atoms with Crippen molar-refractivity contribution in [2.75, 3.05) is 24.7 Å². The van der Waals surface area contributed by atoms with Crippen LogP contribution in [0.4, 0.5) is 5.95 Å². The van der Waals surface area contributed by atoms with Crippen LogP contribution in [-0.4, -0.2) is 44.2 Å². The van der Waals surface area contributed by atoms with Gasteiger partial charge in [-0.3, -0.25) is 13.7 Å². The number of nitrogens with zero attached hydrogens (tertiary/aromatic N) is 4. The molecule has 0 unspecified atom stereocenters. The van der Waals surface area contributed by atoms with Gasteiger partial charge in [0.1, 0.15) is 5.65 Å². The molecule has 2 aromatic rings. The number of rotatable bonds is 6. The average Bonchev–Trinajstić information content (AvgIpc) is 3.24. The van der Waals surface area contributed by atoms with E-state index in [1.165, 1.54) is 12.8 Å². The monoisotopic (exact) mass is 399 g/mol. The van der Waals surface area contributed by atoms with Crippen LogP contribution in [0.3, 0.4) is 0 Å². The van der Waals surface area contributed by atoms with E-state index in [0.29, 0.717) is 18.4 Å². The van der Waals surface area contributed by atoms with Crippen LogP contribution in [0, 0.1) is 0 Å². The molecule has 1 saturated carbocycles. The Bertz CT molecular complexity index is 898. The highest BCUT2D eigenvalue weighted by Crippen LogP contribution is 2.31. The lowest BCUT2D eigenvalue weighted by Crippen LogP contribution is -2.36. The Labute approximate surface area is 170 Å². The summed E-state index contributed by atoms with van der Waals surface area (Å²) in [6.07, 6.45) is 13.0. The third-order valence-corrected chi connectivity index (χ3v) is 6.83. The van der Waals surface area contributed by atoms with Crippen molar-refractivity contribution >= 4 is 28.9 Å². The van der Waals surface area contributed by atoms with Crippen LogP contribution in [0.15, 0.2) is 29.7 Å². The van der Waals surface area contributed by atoms with Crippen LogP contribution >= 0.6 is 11.9 Å². The van der Waals surface area contributed by atoms with Crippen molar-refractivity contribution in [3.05, 3.63) is 40.8 Å². The number of pyridine rings is 1. The Hall–Kier alpha value is -1.86. The first-order chi connectivity index (χ1) is 13.7. The zero-order valence-corrected chi connectivity index (χ0v) is 17.4.